The molecule has 0 radical (unpaired) electrons. The minimum Gasteiger partial charge on any atom is -0.301 e. The Morgan fingerprint density at radius 2 is 2.32 bits per heavy atom. The van der Waals surface area contributed by atoms with Crippen LogP contribution in [0.3, 0.4) is 0 Å². The maximum absolute atomic E-state index is 11.7. The fourth-order valence-electron chi connectivity index (χ4n) is 2.83. The van der Waals surface area contributed by atoms with Gasteiger partial charge in [-0.25, -0.2) is 9.50 Å². The molecule has 102 valence electrons. The van der Waals surface area contributed by atoms with Crippen LogP contribution >= 0.6 is 0 Å². The molecule has 2 aromatic rings. The number of likely N-dealkylation sites (tertiary alicyclic amines) is 1. The maximum Gasteiger partial charge on any atom is 0.271 e. The molecule has 1 atom stereocenters. The molecule has 1 saturated heterocycles. The van der Waals surface area contributed by atoms with E-state index in [-0.39, 0.29) is 5.56 Å². The number of hydrogen-bond donors (Lipinski definition) is 1. The molecule has 1 unspecified atom stereocenters. The molecular weight excluding hydrogens is 240 g/mol. The quantitative estimate of drug-likeness (QED) is 0.905. The van der Waals surface area contributed by atoms with Gasteiger partial charge in [0.1, 0.15) is 5.82 Å². The van der Waals surface area contributed by atoms with Crippen molar-refractivity contribution in [2.24, 2.45) is 5.92 Å². The zero-order valence-electron chi connectivity index (χ0n) is 11.5. The van der Waals surface area contributed by atoms with Gasteiger partial charge in [-0.2, -0.15) is 0 Å². The number of nitrogens with zero attached hydrogens (tertiary/aromatic N) is 3. The van der Waals surface area contributed by atoms with Gasteiger partial charge in [0.05, 0.1) is 0 Å². The molecule has 2 aromatic heterocycles. The minimum absolute atomic E-state index is 0.0496. The number of rotatable bonds is 3. The summed E-state index contributed by atoms with van der Waals surface area (Å²) >= 11 is 0. The molecule has 3 heterocycles. The number of aromatic amines is 1. The van der Waals surface area contributed by atoms with E-state index in [9.17, 15) is 4.79 Å². The molecule has 0 saturated carbocycles. The van der Waals surface area contributed by atoms with Gasteiger partial charge in [0.15, 0.2) is 5.65 Å². The minimum atomic E-state index is -0.0496. The van der Waals surface area contributed by atoms with Crippen molar-refractivity contribution >= 4 is 5.65 Å². The van der Waals surface area contributed by atoms with Crippen molar-refractivity contribution in [3.05, 3.63) is 34.4 Å². The fourth-order valence-corrected chi connectivity index (χ4v) is 2.83. The van der Waals surface area contributed by atoms with Crippen molar-refractivity contribution in [3.8, 4) is 0 Å². The van der Waals surface area contributed by atoms with Crippen molar-refractivity contribution < 1.29 is 0 Å². The highest BCUT2D eigenvalue weighted by atomic mass is 16.1. The molecule has 19 heavy (non-hydrogen) atoms. The van der Waals surface area contributed by atoms with Crippen LogP contribution in [0, 0.1) is 5.92 Å². The average Bonchev–Trinajstić information content (AvgIpc) is 2.96. The van der Waals surface area contributed by atoms with E-state index in [4.69, 9.17) is 0 Å². The zero-order valence-corrected chi connectivity index (χ0v) is 11.5. The Balaban J connectivity index is 1.76. The molecule has 0 spiro atoms. The second-order valence-corrected chi connectivity index (χ2v) is 5.68. The van der Waals surface area contributed by atoms with Crippen LogP contribution in [0.2, 0.25) is 0 Å². The van der Waals surface area contributed by atoms with Crippen molar-refractivity contribution in [2.45, 2.75) is 32.7 Å². The van der Waals surface area contributed by atoms with Crippen LogP contribution in [0.1, 0.15) is 26.1 Å². The third kappa shape index (κ3) is 2.42. The Morgan fingerprint density at radius 1 is 1.47 bits per heavy atom. The molecule has 0 bridgehead atoms. The number of fused-ring (bicyclic) bond motifs is 1. The van der Waals surface area contributed by atoms with Crippen molar-refractivity contribution in [1.82, 2.24) is 19.5 Å². The lowest BCUT2D eigenvalue weighted by molar-refractivity contribution is 0.264. The molecule has 0 aliphatic carbocycles. The number of hydrogen-bond acceptors (Lipinski definition) is 3. The predicted octanol–water partition coefficient (Wildman–Crippen LogP) is 1.30. The van der Waals surface area contributed by atoms with Crippen molar-refractivity contribution in [2.75, 3.05) is 13.1 Å². The highest BCUT2D eigenvalue weighted by Crippen LogP contribution is 2.21. The second-order valence-electron chi connectivity index (χ2n) is 5.68. The number of H-pyrrole nitrogens is 1. The van der Waals surface area contributed by atoms with Crippen LogP contribution in [0.15, 0.2) is 23.0 Å². The van der Waals surface area contributed by atoms with Crippen LogP contribution in [0.5, 0.6) is 0 Å². The van der Waals surface area contributed by atoms with E-state index < -0.39 is 0 Å². The van der Waals surface area contributed by atoms with Gasteiger partial charge >= 0.3 is 0 Å². The molecule has 5 nitrogen and oxygen atoms in total. The second kappa shape index (κ2) is 4.81. The summed E-state index contributed by atoms with van der Waals surface area (Å²) in [5.74, 6) is 1.55. The molecule has 1 aliphatic rings. The van der Waals surface area contributed by atoms with Crippen LogP contribution < -0.4 is 5.56 Å². The number of aromatic nitrogens is 3. The van der Waals surface area contributed by atoms with Gasteiger partial charge in [-0.3, -0.25) is 9.89 Å². The first kappa shape index (κ1) is 12.4. The Bertz CT molecular complexity index is 628. The third-order valence-corrected chi connectivity index (χ3v) is 3.95. The van der Waals surface area contributed by atoms with Crippen LogP contribution in [-0.4, -0.2) is 38.6 Å². The third-order valence-electron chi connectivity index (χ3n) is 3.95. The standard InChI is InChI=1S/C14H20N4O/c1-10(2)17-7-6-11(9-17)8-12-15-13-4-3-5-14(19)18(13)16-12/h3-5,10-11H,6-9H2,1-2H3,(H,15,16). The number of pyridine rings is 1. The lowest BCUT2D eigenvalue weighted by atomic mass is 10.1. The Kier molecular flexibility index (Phi) is 3.14. The molecule has 1 fully saturated rings. The van der Waals surface area contributed by atoms with Crippen LogP contribution in [-0.2, 0) is 6.42 Å². The normalized spacial score (nSPS) is 20.7. The first-order valence-electron chi connectivity index (χ1n) is 6.94. The number of nitrogens with one attached hydrogen (secondary N) is 1. The maximum atomic E-state index is 11.7. The SMILES string of the molecule is CC(C)N1CCC(Cc2nc3cccc(=O)n3[nH]2)C1. The summed E-state index contributed by atoms with van der Waals surface area (Å²) in [7, 11) is 0. The van der Waals surface area contributed by atoms with Crippen molar-refractivity contribution in [1.29, 1.82) is 0 Å². The van der Waals surface area contributed by atoms with Crippen LogP contribution in [0.4, 0.5) is 0 Å². The molecule has 5 heteroatoms. The molecule has 1 N–H and O–H groups in total. The first-order chi connectivity index (χ1) is 9.13. The Hall–Kier alpha value is -1.62. The van der Waals surface area contributed by atoms with E-state index in [0.29, 0.717) is 17.6 Å². The average molecular weight is 260 g/mol. The van der Waals surface area contributed by atoms with Gasteiger partial charge in [-0.05, 0) is 38.8 Å². The van der Waals surface area contributed by atoms with Gasteiger partial charge in [0.25, 0.3) is 5.56 Å². The summed E-state index contributed by atoms with van der Waals surface area (Å²) < 4.78 is 1.52. The summed E-state index contributed by atoms with van der Waals surface area (Å²) in [6.45, 7) is 6.78. The van der Waals surface area contributed by atoms with Gasteiger partial charge < -0.3 is 4.90 Å². The van der Waals surface area contributed by atoms with E-state index in [1.165, 1.54) is 17.5 Å². The molecular formula is C14H20N4O. The first-order valence-corrected chi connectivity index (χ1v) is 6.94. The van der Waals surface area contributed by atoms with E-state index in [2.05, 4.69) is 28.8 Å². The largest absolute Gasteiger partial charge is 0.301 e. The van der Waals surface area contributed by atoms with Gasteiger partial charge in [0.2, 0.25) is 0 Å². The van der Waals surface area contributed by atoms with E-state index in [1.54, 1.807) is 12.1 Å². The van der Waals surface area contributed by atoms with Crippen molar-refractivity contribution in [3.63, 3.8) is 0 Å². The molecule has 0 amide bonds. The molecule has 3 rings (SSSR count). The van der Waals surface area contributed by atoms with E-state index >= 15 is 0 Å². The topological polar surface area (TPSA) is 53.4 Å². The highest BCUT2D eigenvalue weighted by Gasteiger charge is 2.25. The monoisotopic (exact) mass is 260 g/mol. The molecule has 1 aliphatic heterocycles. The Morgan fingerprint density at radius 3 is 3.00 bits per heavy atom. The predicted molar refractivity (Wildman–Crippen MR) is 74.3 cm³/mol. The van der Waals surface area contributed by atoms with E-state index in [0.717, 1.165) is 18.8 Å². The summed E-state index contributed by atoms with van der Waals surface area (Å²) in [4.78, 5) is 18.6. The van der Waals surface area contributed by atoms with Gasteiger partial charge in [-0.15, -0.1) is 0 Å². The lowest BCUT2D eigenvalue weighted by Crippen LogP contribution is -2.28. The zero-order chi connectivity index (χ0) is 13.4. The van der Waals surface area contributed by atoms with E-state index in [1.807, 2.05) is 6.07 Å². The summed E-state index contributed by atoms with van der Waals surface area (Å²) in [6, 6.07) is 5.77. The van der Waals surface area contributed by atoms with Gasteiger partial charge in [-0.1, -0.05) is 6.07 Å². The Labute approximate surface area is 112 Å². The highest BCUT2D eigenvalue weighted by molar-refractivity contribution is 5.36. The van der Waals surface area contributed by atoms with Gasteiger partial charge in [0, 0.05) is 25.1 Å². The molecule has 0 aromatic carbocycles. The summed E-state index contributed by atoms with van der Waals surface area (Å²) in [5, 5.41) is 3.11. The van der Waals surface area contributed by atoms with Crippen LogP contribution in [0.25, 0.3) is 5.65 Å². The summed E-state index contributed by atoms with van der Waals surface area (Å²) in [6.07, 6.45) is 2.13. The summed E-state index contributed by atoms with van der Waals surface area (Å²) in [5.41, 5.74) is 0.660. The lowest BCUT2D eigenvalue weighted by Gasteiger charge is -2.19. The smallest absolute Gasteiger partial charge is 0.271 e. The fraction of sp³-hybridized carbons (Fsp3) is 0.571.